The van der Waals surface area contributed by atoms with Crippen molar-refractivity contribution in [2.75, 3.05) is 12.0 Å². The first-order valence-corrected chi connectivity index (χ1v) is 11.2. The SMILES string of the molecule is COc1ccccc1C1/C(=C(\O)c2c[nH]c3ccccc23)C(=O)C(=O)N1c1ccc(CC(=O)O)cc1. The van der Waals surface area contributed by atoms with E-state index in [1.807, 2.05) is 24.3 Å². The van der Waals surface area contributed by atoms with Gasteiger partial charge in [-0.15, -0.1) is 0 Å². The van der Waals surface area contributed by atoms with Gasteiger partial charge in [0.15, 0.2) is 0 Å². The third kappa shape index (κ3) is 3.78. The van der Waals surface area contributed by atoms with Gasteiger partial charge in [0.05, 0.1) is 25.1 Å². The van der Waals surface area contributed by atoms with Gasteiger partial charge in [-0.1, -0.05) is 48.5 Å². The summed E-state index contributed by atoms with van der Waals surface area (Å²) in [5.74, 6) is -2.47. The summed E-state index contributed by atoms with van der Waals surface area (Å²) in [6, 6.07) is 19.7. The van der Waals surface area contributed by atoms with E-state index in [9.17, 15) is 19.5 Å². The minimum atomic E-state index is -0.976. The molecule has 0 radical (unpaired) electrons. The summed E-state index contributed by atoms with van der Waals surface area (Å²) in [4.78, 5) is 42.3. The number of carboxylic acids is 1. The maximum absolute atomic E-state index is 13.4. The van der Waals surface area contributed by atoms with Crippen LogP contribution in [0.2, 0.25) is 0 Å². The van der Waals surface area contributed by atoms with Gasteiger partial charge in [0.2, 0.25) is 0 Å². The second-order valence-electron chi connectivity index (χ2n) is 8.40. The lowest BCUT2D eigenvalue weighted by molar-refractivity contribution is -0.136. The van der Waals surface area contributed by atoms with Crippen LogP contribution in [0.25, 0.3) is 16.7 Å². The Morgan fingerprint density at radius 1 is 0.972 bits per heavy atom. The van der Waals surface area contributed by atoms with Crippen LogP contribution in [0.3, 0.4) is 0 Å². The van der Waals surface area contributed by atoms with Crippen molar-refractivity contribution in [3.63, 3.8) is 0 Å². The summed E-state index contributed by atoms with van der Waals surface area (Å²) >= 11 is 0. The molecule has 36 heavy (non-hydrogen) atoms. The fourth-order valence-corrected chi connectivity index (χ4v) is 4.65. The van der Waals surface area contributed by atoms with E-state index in [2.05, 4.69) is 4.98 Å². The molecule has 0 bridgehead atoms. The smallest absolute Gasteiger partial charge is 0.307 e. The molecule has 1 saturated heterocycles. The summed E-state index contributed by atoms with van der Waals surface area (Å²) in [5.41, 5.74) is 2.58. The van der Waals surface area contributed by atoms with Gasteiger partial charge in [-0.3, -0.25) is 19.3 Å². The standard InChI is InChI=1S/C28H22N2O6/c1-36-22-9-5-3-7-19(22)25-24(26(33)20-15-29-21-8-4-2-6-18(20)21)27(34)28(35)30(25)17-12-10-16(11-13-17)14-23(31)32/h2-13,15,25,29,33H,14H2,1H3,(H,31,32)/b26-24+. The number of aliphatic hydroxyl groups excluding tert-OH is 1. The summed E-state index contributed by atoms with van der Waals surface area (Å²) in [6.07, 6.45) is 1.43. The number of ketones is 1. The maximum Gasteiger partial charge on any atom is 0.307 e. The number of H-pyrrole nitrogens is 1. The molecule has 1 aliphatic rings. The van der Waals surface area contributed by atoms with Crippen LogP contribution in [0.15, 0.2) is 84.6 Å². The van der Waals surface area contributed by atoms with E-state index < -0.39 is 23.7 Å². The fraction of sp³-hybridized carbons (Fsp3) is 0.107. The Balaban J connectivity index is 1.72. The van der Waals surface area contributed by atoms with E-state index >= 15 is 0 Å². The highest BCUT2D eigenvalue weighted by molar-refractivity contribution is 6.51. The summed E-state index contributed by atoms with van der Waals surface area (Å²) in [6.45, 7) is 0. The lowest BCUT2D eigenvalue weighted by Gasteiger charge is -2.26. The van der Waals surface area contributed by atoms with Crippen LogP contribution in [0.4, 0.5) is 5.69 Å². The predicted octanol–water partition coefficient (Wildman–Crippen LogP) is 4.43. The number of aliphatic carboxylic acids is 1. The molecule has 3 N–H and O–H groups in total. The van der Waals surface area contributed by atoms with Crippen LogP contribution in [-0.2, 0) is 20.8 Å². The predicted molar refractivity (Wildman–Crippen MR) is 134 cm³/mol. The Labute approximate surface area is 206 Å². The molecule has 0 aliphatic carbocycles. The van der Waals surface area contributed by atoms with E-state index in [1.54, 1.807) is 54.7 Å². The molecule has 1 unspecified atom stereocenters. The Morgan fingerprint density at radius 3 is 2.39 bits per heavy atom. The van der Waals surface area contributed by atoms with Crippen molar-refractivity contribution in [3.05, 3.63) is 101 Å². The molecule has 5 rings (SSSR count). The first-order valence-electron chi connectivity index (χ1n) is 11.2. The first kappa shape index (κ1) is 22.9. The number of rotatable bonds is 6. The van der Waals surface area contributed by atoms with Gasteiger partial charge in [0, 0.05) is 33.9 Å². The van der Waals surface area contributed by atoms with E-state index in [0.29, 0.717) is 33.5 Å². The Kier molecular flexibility index (Phi) is 5.77. The molecule has 0 saturated carbocycles. The van der Waals surface area contributed by atoms with Crippen molar-refractivity contribution in [2.45, 2.75) is 12.5 Å². The number of hydrogen-bond donors (Lipinski definition) is 3. The Morgan fingerprint density at radius 2 is 1.67 bits per heavy atom. The maximum atomic E-state index is 13.4. The van der Waals surface area contributed by atoms with E-state index in [1.165, 1.54) is 12.0 Å². The second kappa shape index (κ2) is 9.07. The number of nitrogens with one attached hydrogen (secondary N) is 1. The van der Waals surface area contributed by atoms with Crippen LogP contribution in [-0.4, -0.2) is 40.0 Å². The quantitative estimate of drug-likeness (QED) is 0.212. The molecule has 8 heteroatoms. The molecular weight excluding hydrogens is 460 g/mol. The number of aromatic amines is 1. The van der Waals surface area contributed by atoms with Gasteiger partial charge in [0.1, 0.15) is 11.5 Å². The van der Waals surface area contributed by atoms with Gasteiger partial charge >= 0.3 is 5.97 Å². The molecule has 0 spiro atoms. The number of amides is 1. The lowest BCUT2D eigenvalue weighted by Crippen LogP contribution is -2.29. The molecule has 8 nitrogen and oxygen atoms in total. The molecule has 4 aromatic rings. The van der Waals surface area contributed by atoms with Gasteiger partial charge in [-0.2, -0.15) is 0 Å². The van der Waals surface area contributed by atoms with Crippen molar-refractivity contribution in [2.24, 2.45) is 0 Å². The average molecular weight is 482 g/mol. The second-order valence-corrected chi connectivity index (χ2v) is 8.40. The van der Waals surface area contributed by atoms with Crippen LogP contribution in [0.1, 0.15) is 22.7 Å². The largest absolute Gasteiger partial charge is 0.507 e. The molecule has 2 heterocycles. The zero-order valence-electron chi connectivity index (χ0n) is 19.3. The van der Waals surface area contributed by atoms with E-state index in [4.69, 9.17) is 9.84 Å². The van der Waals surface area contributed by atoms with Crippen molar-refractivity contribution >= 4 is 40.0 Å². The molecule has 1 aliphatic heterocycles. The van der Waals surface area contributed by atoms with Crippen molar-refractivity contribution in [3.8, 4) is 5.75 Å². The molecule has 1 atom stereocenters. The van der Waals surface area contributed by atoms with Crippen LogP contribution in [0, 0.1) is 0 Å². The normalized spacial score (nSPS) is 17.0. The summed E-state index contributed by atoms with van der Waals surface area (Å²) in [5, 5.41) is 21.2. The molecule has 180 valence electrons. The number of aliphatic hydroxyl groups is 1. The highest BCUT2D eigenvalue weighted by atomic mass is 16.5. The molecule has 3 aromatic carbocycles. The van der Waals surface area contributed by atoms with Gasteiger partial charge in [-0.05, 0) is 29.8 Å². The third-order valence-electron chi connectivity index (χ3n) is 6.29. The number of carbonyl (C=O) groups excluding carboxylic acids is 2. The lowest BCUT2D eigenvalue weighted by atomic mass is 9.94. The number of fused-ring (bicyclic) bond motifs is 1. The minimum Gasteiger partial charge on any atom is -0.507 e. The van der Waals surface area contributed by atoms with Gasteiger partial charge < -0.3 is 19.9 Å². The summed E-state index contributed by atoms with van der Waals surface area (Å²) in [7, 11) is 1.49. The van der Waals surface area contributed by atoms with Crippen LogP contribution >= 0.6 is 0 Å². The number of ether oxygens (including phenoxy) is 1. The van der Waals surface area contributed by atoms with Gasteiger partial charge in [0.25, 0.3) is 11.7 Å². The van der Waals surface area contributed by atoms with Crippen LogP contribution < -0.4 is 9.64 Å². The number of benzene rings is 3. The van der Waals surface area contributed by atoms with Gasteiger partial charge in [-0.25, -0.2) is 0 Å². The zero-order valence-corrected chi connectivity index (χ0v) is 19.3. The fourth-order valence-electron chi connectivity index (χ4n) is 4.65. The molecular formula is C28H22N2O6. The number of Topliss-reactive ketones (excluding diaryl/α,β-unsaturated/α-hetero) is 1. The number of aromatic nitrogens is 1. The number of anilines is 1. The molecule has 1 aromatic heterocycles. The first-order chi connectivity index (χ1) is 17.4. The summed E-state index contributed by atoms with van der Waals surface area (Å²) < 4.78 is 5.54. The van der Waals surface area contributed by atoms with Crippen molar-refractivity contribution in [1.82, 2.24) is 4.98 Å². The number of nitrogens with zero attached hydrogens (tertiary/aromatic N) is 1. The van der Waals surface area contributed by atoms with E-state index in [0.717, 1.165) is 5.52 Å². The minimum absolute atomic E-state index is 0.0659. The van der Waals surface area contributed by atoms with E-state index in [-0.39, 0.29) is 17.8 Å². The van der Waals surface area contributed by atoms with Crippen LogP contribution in [0.5, 0.6) is 5.75 Å². The highest BCUT2D eigenvalue weighted by Gasteiger charge is 2.48. The number of methoxy groups -OCH3 is 1. The number of para-hydroxylation sites is 2. The Hall–Kier alpha value is -4.85. The van der Waals surface area contributed by atoms with Crippen molar-refractivity contribution in [1.29, 1.82) is 0 Å². The topological polar surface area (TPSA) is 120 Å². The molecule has 1 fully saturated rings. The average Bonchev–Trinajstić information content (AvgIpc) is 3.43. The highest BCUT2D eigenvalue weighted by Crippen LogP contribution is 2.45. The zero-order chi connectivity index (χ0) is 25.4. The third-order valence-corrected chi connectivity index (χ3v) is 6.29. The Bertz CT molecular complexity index is 1530. The number of carbonyl (C=O) groups is 3. The monoisotopic (exact) mass is 482 g/mol. The molecule has 1 amide bonds. The van der Waals surface area contributed by atoms with Crippen molar-refractivity contribution < 1.29 is 29.3 Å². The number of carboxylic acid groups (broad SMARTS) is 1. The number of hydrogen-bond acceptors (Lipinski definition) is 5.